The van der Waals surface area contributed by atoms with Crippen molar-refractivity contribution in [1.82, 2.24) is 10.3 Å². The molecular formula is C16H22N2O2. The van der Waals surface area contributed by atoms with Gasteiger partial charge >= 0.3 is 0 Å². The summed E-state index contributed by atoms with van der Waals surface area (Å²) in [5.74, 6) is -0.00938. The fraction of sp³-hybridized carbons (Fsp3) is 0.438. The van der Waals surface area contributed by atoms with Crippen LogP contribution in [0.4, 0.5) is 0 Å². The van der Waals surface area contributed by atoms with E-state index in [9.17, 15) is 9.59 Å². The molecule has 4 heteroatoms. The summed E-state index contributed by atoms with van der Waals surface area (Å²) in [7, 11) is 0. The van der Waals surface area contributed by atoms with Gasteiger partial charge in [-0.05, 0) is 38.3 Å². The Balaban J connectivity index is 2.58. The van der Waals surface area contributed by atoms with Crippen LogP contribution in [0.25, 0.3) is 0 Å². The molecule has 1 aromatic rings. The second-order valence-corrected chi connectivity index (χ2v) is 5.30. The highest BCUT2D eigenvalue weighted by molar-refractivity contribution is 5.93. The summed E-state index contributed by atoms with van der Waals surface area (Å²) in [5, 5.41) is 2.74. The molecule has 2 unspecified atom stereocenters. The zero-order chi connectivity index (χ0) is 15.3. The number of hydrogen-bond acceptors (Lipinski definition) is 3. The summed E-state index contributed by atoms with van der Waals surface area (Å²) in [6.45, 7) is 11.1. The molecule has 0 radical (unpaired) electrons. The Morgan fingerprint density at radius 3 is 2.55 bits per heavy atom. The molecule has 0 aliphatic rings. The average Bonchev–Trinajstić information content (AvgIpc) is 2.37. The Labute approximate surface area is 120 Å². The first-order valence-electron chi connectivity index (χ1n) is 6.74. The van der Waals surface area contributed by atoms with Gasteiger partial charge in [-0.1, -0.05) is 26.5 Å². The van der Waals surface area contributed by atoms with Crippen molar-refractivity contribution < 1.29 is 9.59 Å². The Hall–Kier alpha value is -1.97. The van der Waals surface area contributed by atoms with E-state index in [1.165, 1.54) is 0 Å². The van der Waals surface area contributed by atoms with Gasteiger partial charge < -0.3 is 5.32 Å². The van der Waals surface area contributed by atoms with Gasteiger partial charge in [-0.25, -0.2) is 4.98 Å². The van der Waals surface area contributed by atoms with Crippen molar-refractivity contribution >= 4 is 11.7 Å². The number of Topliss-reactive ketones (excluding diaryl/α,β-unsaturated/α-hetero) is 1. The topological polar surface area (TPSA) is 59.1 Å². The molecule has 0 saturated heterocycles. The van der Waals surface area contributed by atoms with Gasteiger partial charge in [0.15, 0.2) is 0 Å². The number of rotatable bonds is 6. The first-order valence-corrected chi connectivity index (χ1v) is 6.74. The molecule has 1 N–H and O–H groups in total. The quantitative estimate of drug-likeness (QED) is 0.867. The molecule has 1 rings (SSSR count). The number of aromatic nitrogens is 1. The highest BCUT2D eigenvalue weighted by atomic mass is 16.2. The van der Waals surface area contributed by atoms with Gasteiger partial charge in [0, 0.05) is 17.3 Å². The number of nitrogens with one attached hydrogen (secondary N) is 1. The minimum atomic E-state index is -0.263. The van der Waals surface area contributed by atoms with Crippen LogP contribution in [0.15, 0.2) is 30.5 Å². The summed E-state index contributed by atoms with van der Waals surface area (Å²) < 4.78 is 0. The van der Waals surface area contributed by atoms with Crippen molar-refractivity contribution in [2.45, 2.75) is 34.1 Å². The highest BCUT2D eigenvalue weighted by Gasteiger charge is 2.18. The Morgan fingerprint density at radius 2 is 2.00 bits per heavy atom. The minimum absolute atomic E-state index is 0.0410. The second-order valence-electron chi connectivity index (χ2n) is 5.30. The lowest BCUT2D eigenvalue weighted by Gasteiger charge is -2.18. The fourth-order valence-corrected chi connectivity index (χ4v) is 1.91. The maximum atomic E-state index is 12.0. The van der Waals surface area contributed by atoms with E-state index in [1.807, 2.05) is 26.8 Å². The summed E-state index contributed by atoms with van der Waals surface area (Å²) >= 11 is 0. The van der Waals surface area contributed by atoms with Crippen molar-refractivity contribution in [3.63, 3.8) is 0 Å². The predicted octanol–water partition coefficient (Wildman–Crippen LogP) is 2.88. The number of amides is 1. The van der Waals surface area contributed by atoms with Crippen LogP contribution < -0.4 is 5.32 Å². The van der Waals surface area contributed by atoms with Gasteiger partial charge in [-0.2, -0.15) is 0 Å². The molecule has 4 nitrogen and oxygen atoms in total. The van der Waals surface area contributed by atoms with E-state index in [4.69, 9.17) is 0 Å². The Bertz CT molecular complexity index is 523. The average molecular weight is 274 g/mol. The molecule has 0 spiro atoms. The molecule has 0 fully saturated rings. The molecule has 0 aliphatic carbocycles. The molecule has 0 aromatic carbocycles. The predicted molar refractivity (Wildman–Crippen MR) is 79.2 cm³/mol. The van der Waals surface area contributed by atoms with Gasteiger partial charge in [0.2, 0.25) is 0 Å². The molecule has 2 atom stereocenters. The van der Waals surface area contributed by atoms with Crippen molar-refractivity contribution in [1.29, 1.82) is 0 Å². The number of aryl methyl sites for hydroxylation is 1. The van der Waals surface area contributed by atoms with Crippen LogP contribution >= 0.6 is 0 Å². The molecule has 1 aromatic heterocycles. The number of allylic oxidation sites excluding steroid dienone is 1. The first kappa shape index (κ1) is 16.1. The maximum absolute atomic E-state index is 12.0. The zero-order valence-electron chi connectivity index (χ0n) is 12.6. The van der Waals surface area contributed by atoms with E-state index < -0.39 is 0 Å². The lowest BCUT2D eigenvalue weighted by atomic mass is 9.89. The summed E-state index contributed by atoms with van der Waals surface area (Å²) in [5.41, 5.74) is 1.78. The van der Waals surface area contributed by atoms with Crippen molar-refractivity contribution in [3.05, 3.63) is 41.9 Å². The van der Waals surface area contributed by atoms with Crippen LogP contribution in [0.3, 0.4) is 0 Å². The minimum Gasteiger partial charge on any atom is -0.325 e. The lowest BCUT2D eigenvalue weighted by Crippen LogP contribution is -2.26. The van der Waals surface area contributed by atoms with E-state index in [2.05, 4.69) is 16.9 Å². The molecular weight excluding hydrogens is 252 g/mol. The number of ketones is 1. The summed E-state index contributed by atoms with van der Waals surface area (Å²) in [6.07, 6.45) is 0.582. The third-order valence-electron chi connectivity index (χ3n) is 3.47. The molecule has 0 bridgehead atoms. The Morgan fingerprint density at radius 1 is 1.35 bits per heavy atom. The van der Waals surface area contributed by atoms with Gasteiger partial charge in [-0.3, -0.25) is 9.59 Å². The number of nitrogens with zero attached hydrogens (tertiary/aromatic N) is 1. The van der Waals surface area contributed by atoms with Crippen LogP contribution in [0.1, 0.15) is 43.4 Å². The highest BCUT2D eigenvalue weighted by Crippen LogP contribution is 2.18. The third-order valence-corrected chi connectivity index (χ3v) is 3.47. The van der Waals surface area contributed by atoms with E-state index in [-0.39, 0.29) is 23.5 Å². The molecule has 0 aliphatic heterocycles. The van der Waals surface area contributed by atoms with Gasteiger partial charge in [0.05, 0.1) is 0 Å². The van der Waals surface area contributed by atoms with Crippen LogP contribution in [0, 0.1) is 18.8 Å². The zero-order valence-corrected chi connectivity index (χ0v) is 12.6. The molecule has 20 heavy (non-hydrogen) atoms. The summed E-state index contributed by atoms with van der Waals surface area (Å²) in [6, 6.07) is 5.29. The van der Waals surface area contributed by atoms with Crippen LogP contribution in [-0.4, -0.2) is 16.7 Å². The number of pyridine rings is 1. The van der Waals surface area contributed by atoms with E-state index in [0.29, 0.717) is 17.8 Å². The van der Waals surface area contributed by atoms with Crippen LogP contribution in [0.2, 0.25) is 0 Å². The van der Waals surface area contributed by atoms with Gasteiger partial charge in [0.1, 0.15) is 11.5 Å². The van der Waals surface area contributed by atoms with E-state index >= 15 is 0 Å². The second kappa shape index (κ2) is 6.98. The SMILES string of the molecule is C=C(CC(C)C(C)C(C)=O)NC(=O)c1cccc(C)n1. The standard InChI is InChI=1S/C16H22N2O2/c1-10(13(4)14(5)19)9-12(3)18-16(20)15-8-6-7-11(2)17-15/h6-8,10,13H,3,9H2,1-2,4-5H3,(H,18,20). The van der Waals surface area contributed by atoms with Crippen LogP contribution in [0.5, 0.6) is 0 Å². The molecule has 1 amide bonds. The smallest absolute Gasteiger partial charge is 0.273 e. The number of carbonyl (C=O) groups excluding carboxylic acids is 2. The number of carbonyl (C=O) groups is 2. The largest absolute Gasteiger partial charge is 0.325 e. The molecule has 1 heterocycles. The fourth-order valence-electron chi connectivity index (χ4n) is 1.91. The Kier molecular flexibility index (Phi) is 5.62. The monoisotopic (exact) mass is 274 g/mol. The number of hydrogen-bond donors (Lipinski definition) is 1. The van der Waals surface area contributed by atoms with Crippen molar-refractivity contribution in [3.8, 4) is 0 Å². The third kappa shape index (κ3) is 4.61. The summed E-state index contributed by atoms with van der Waals surface area (Å²) in [4.78, 5) is 27.5. The van der Waals surface area contributed by atoms with E-state index in [1.54, 1.807) is 19.1 Å². The van der Waals surface area contributed by atoms with Gasteiger partial charge in [0.25, 0.3) is 5.91 Å². The van der Waals surface area contributed by atoms with Crippen molar-refractivity contribution in [2.24, 2.45) is 11.8 Å². The van der Waals surface area contributed by atoms with E-state index in [0.717, 1.165) is 5.69 Å². The molecule has 108 valence electrons. The van der Waals surface area contributed by atoms with Crippen LogP contribution in [-0.2, 0) is 4.79 Å². The first-order chi connectivity index (χ1) is 9.31. The normalized spacial score (nSPS) is 13.4. The molecule has 0 saturated carbocycles. The maximum Gasteiger partial charge on any atom is 0.273 e. The van der Waals surface area contributed by atoms with Gasteiger partial charge in [-0.15, -0.1) is 0 Å². The lowest BCUT2D eigenvalue weighted by molar-refractivity contribution is -0.121. The van der Waals surface area contributed by atoms with Crippen molar-refractivity contribution in [2.75, 3.05) is 0 Å².